The zero-order chi connectivity index (χ0) is 13.0. The minimum atomic E-state index is -2.88. The van der Waals surface area contributed by atoms with Crippen molar-refractivity contribution >= 4 is 0 Å². The molecule has 0 saturated heterocycles. The van der Waals surface area contributed by atoms with Crippen LogP contribution in [-0.2, 0) is 0 Å². The van der Waals surface area contributed by atoms with E-state index in [1.807, 2.05) is 0 Å². The molecule has 2 aromatic rings. The average molecular weight is 251 g/mol. The summed E-state index contributed by atoms with van der Waals surface area (Å²) in [7, 11) is 0. The van der Waals surface area contributed by atoms with Crippen LogP contribution in [0.25, 0.3) is 0 Å². The van der Waals surface area contributed by atoms with Gasteiger partial charge in [0.2, 0.25) is 0 Å². The fourth-order valence-electron chi connectivity index (χ4n) is 1.59. The lowest BCUT2D eigenvalue weighted by molar-refractivity contribution is -0.0499. The predicted molar refractivity (Wildman–Crippen MR) is 61.4 cm³/mol. The number of pyridine rings is 1. The molecule has 0 fully saturated rings. The number of alkyl halides is 2. The third kappa shape index (κ3) is 3.01. The van der Waals surface area contributed by atoms with E-state index in [9.17, 15) is 13.9 Å². The Morgan fingerprint density at radius 2 is 1.89 bits per heavy atom. The zero-order valence-corrected chi connectivity index (χ0v) is 9.33. The van der Waals surface area contributed by atoms with Crippen LogP contribution < -0.4 is 4.74 Å². The SMILES string of the molecule is OC(c1cccnc1)c1cccc(OC(F)F)c1. The van der Waals surface area contributed by atoms with Gasteiger partial charge in [-0.1, -0.05) is 18.2 Å². The highest BCUT2D eigenvalue weighted by Crippen LogP contribution is 2.25. The Hall–Kier alpha value is -2.01. The minimum Gasteiger partial charge on any atom is -0.435 e. The summed E-state index contributed by atoms with van der Waals surface area (Å²) >= 11 is 0. The highest BCUT2D eigenvalue weighted by atomic mass is 19.3. The highest BCUT2D eigenvalue weighted by Gasteiger charge is 2.12. The standard InChI is InChI=1S/C13H11F2NO2/c14-13(15)18-11-5-1-3-9(7-11)12(17)10-4-2-6-16-8-10/h1-8,12-13,17H. The van der Waals surface area contributed by atoms with Crippen molar-refractivity contribution in [1.82, 2.24) is 4.98 Å². The van der Waals surface area contributed by atoms with Crippen molar-refractivity contribution in [2.24, 2.45) is 0 Å². The average Bonchev–Trinajstić information content (AvgIpc) is 2.38. The van der Waals surface area contributed by atoms with Crippen LogP contribution in [0.5, 0.6) is 5.75 Å². The second-order valence-electron chi connectivity index (χ2n) is 3.64. The van der Waals surface area contributed by atoms with Crippen LogP contribution in [0, 0.1) is 0 Å². The molecular weight excluding hydrogens is 240 g/mol. The van der Waals surface area contributed by atoms with E-state index in [-0.39, 0.29) is 5.75 Å². The molecule has 0 spiro atoms. The molecule has 1 unspecified atom stereocenters. The lowest BCUT2D eigenvalue weighted by atomic mass is 10.0. The predicted octanol–water partition coefficient (Wildman–Crippen LogP) is 2.76. The number of halogens is 2. The van der Waals surface area contributed by atoms with Crippen LogP contribution in [0.3, 0.4) is 0 Å². The molecule has 1 aromatic heterocycles. The molecule has 18 heavy (non-hydrogen) atoms. The maximum Gasteiger partial charge on any atom is 0.387 e. The summed E-state index contributed by atoms with van der Waals surface area (Å²) < 4.78 is 28.4. The van der Waals surface area contributed by atoms with Gasteiger partial charge in [-0.2, -0.15) is 8.78 Å². The van der Waals surface area contributed by atoms with Gasteiger partial charge in [0.1, 0.15) is 11.9 Å². The van der Waals surface area contributed by atoms with Crippen molar-refractivity contribution in [3.05, 3.63) is 59.9 Å². The molecule has 0 amide bonds. The fraction of sp³-hybridized carbons (Fsp3) is 0.154. The topological polar surface area (TPSA) is 42.4 Å². The molecule has 5 heteroatoms. The van der Waals surface area contributed by atoms with Crippen molar-refractivity contribution in [2.45, 2.75) is 12.7 Å². The van der Waals surface area contributed by atoms with E-state index in [0.29, 0.717) is 11.1 Å². The van der Waals surface area contributed by atoms with E-state index in [0.717, 1.165) is 0 Å². The first-order valence-electron chi connectivity index (χ1n) is 5.29. The molecule has 1 atom stereocenters. The Bertz CT molecular complexity index is 505. The Balaban J connectivity index is 2.23. The number of aliphatic hydroxyl groups is 1. The molecule has 2 rings (SSSR count). The van der Waals surface area contributed by atoms with Crippen LogP contribution in [0.4, 0.5) is 8.78 Å². The molecule has 0 bridgehead atoms. The molecule has 0 aliphatic rings. The van der Waals surface area contributed by atoms with E-state index in [2.05, 4.69) is 9.72 Å². The van der Waals surface area contributed by atoms with E-state index in [1.54, 1.807) is 30.5 Å². The molecule has 94 valence electrons. The highest BCUT2D eigenvalue weighted by molar-refractivity contribution is 5.34. The number of benzene rings is 1. The molecule has 0 aliphatic heterocycles. The van der Waals surface area contributed by atoms with Crippen molar-refractivity contribution in [3.63, 3.8) is 0 Å². The van der Waals surface area contributed by atoms with E-state index >= 15 is 0 Å². The number of nitrogens with zero attached hydrogens (tertiary/aromatic N) is 1. The van der Waals surface area contributed by atoms with Gasteiger partial charge in [-0.15, -0.1) is 0 Å². The maximum absolute atomic E-state index is 12.1. The molecule has 1 aromatic carbocycles. The third-order valence-electron chi connectivity index (χ3n) is 2.40. The molecule has 0 radical (unpaired) electrons. The fourth-order valence-corrected chi connectivity index (χ4v) is 1.59. The quantitative estimate of drug-likeness (QED) is 0.908. The summed E-state index contributed by atoms with van der Waals surface area (Å²) in [5, 5.41) is 10.1. The van der Waals surface area contributed by atoms with Crippen LogP contribution in [0.2, 0.25) is 0 Å². The van der Waals surface area contributed by atoms with Gasteiger partial charge >= 0.3 is 6.61 Å². The molecule has 1 N–H and O–H groups in total. The van der Waals surface area contributed by atoms with Crippen molar-refractivity contribution in [1.29, 1.82) is 0 Å². The third-order valence-corrected chi connectivity index (χ3v) is 2.40. The second kappa shape index (κ2) is 5.55. The number of aliphatic hydroxyl groups excluding tert-OH is 1. The van der Waals surface area contributed by atoms with Gasteiger partial charge in [-0.05, 0) is 23.8 Å². The lowest BCUT2D eigenvalue weighted by Gasteiger charge is -2.12. The lowest BCUT2D eigenvalue weighted by Crippen LogP contribution is -2.04. The number of ether oxygens (including phenoxy) is 1. The first kappa shape index (κ1) is 12.4. The smallest absolute Gasteiger partial charge is 0.387 e. The van der Waals surface area contributed by atoms with Gasteiger partial charge in [-0.3, -0.25) is 4.98 Å². The summed E-state index contributed by atoms with van der Waals surface area (Å²) in [6.45, 7) is -2.88. The molecule has 3 nitrogen and oxygen atoms in total. The van der Waals surface area contributed by atoms with Crippen molar-refractivity contribution in [3.8, 4) is 5.75 Å². The van der Waals surface area contributed by atoms with Gasteiger partial charge in [0.05, 0.1) is 0 Å². The van der Waals surface area contributed by atoms with Crippen LogP contribution in [0.1, 0.15) is 17.2 Å². The van der Waals surface area contributed by atoms with Gasteiger partial charge < -0.3 is 9.84 Å². The summed E-state index contributed by atoms with van der Waals surface area (Å²) in [4.78, 5) is 3.89. The molecular formula is C13H11F2NO2. The number of rotatable bonds is 4. The summed E-state index contributed by atoms with van der Waals surface area (Å²) in [6.07, 6.45) is 2.19. The monoisotopic (exact) mass is 251 g/mol. The number of hydrogen-bond donors (Lipinski definition) is 1. The van der Waals surface area contributed by atoms with Gasteiger partial charge in [0.15, 0.2) is 0 Å². The largest absolute Gasteiger partial charge is 0.435 e. The first-order chi connectivity index (χ1) is 8.66. The first-order valence-corrected chi connectivity index (χ1v) is 5.29. The molecule has 1 heterocycles. The van der Waals surface area contributed by atoms with Crippen molar-refractivity contribution < 1.29 is 18.6 Å². The van der Waals surface area contributed by atoms with E-state index in [4.69, 9.17) is 0 Å². The maximum atomic E-state index is 12.1. The number of aromatic nitrogens is 1. The summed E-state index contributed by atoms with van der Waals surface area (Å²) in [5.41, 5.74) is 1.06. The Labute approximate surface area is 103 Å². The van der Waals surface area contributed by atoms with E-state index < -0.39 is 12.7 Å². The van der Waals surface area contributed by atoms with Crippen LogP contribution in [0.15, 0.2) is 48.8 Å². The Morgan fingerprint density at radius 1 is 1.11 bits per heavy atom. The van der Waals surface area contributed by atoms with Crippen LogP contribution >= 0.6 is 0 Å². The molecule has 0 saturated carbocycles. The normalized spacial score (nSPS) is 12.4. The van der Waals surface area contributed by atoms with E-state index in [1.165, 1.54) is 18.3 Å². The number of hydrogen-bond acceptors (Lipinski definition) is 3. The summed E-state index contributed by atoms with van der Waals surface area (Å²) in [6, 6.07) is 9.37. The summed E-state index contributed by atoms with van der Waals surface area (Å²) in [5.74, 6) is 0.0189. The zero-order valence-electron chi connectivity index (χ0n) is 9.33. The Kier molecular flexibility index (Phi) is 3.84. The van der Waals surface area contributed by atoms with Crippen molar-refractivity contribution in [2.75, 3.05) is 0 Å². The Morgan fingerprint density at radius 3 is 2.56 bits per heavy atom. The minimum absolute atomic E-state index is 0.0189. The molecule has 0 aliphatic carbocycles. The van der Waals surface area contributed by atoms with Gasteiger partial charge in [0, 0.05) is 18.0 Å². The van der Waals surface area contributed by atoms with Gasteiger partial charge in [-0.25, -0.2) is 0 Å². The second-order valence-corrected chi connectivity index (χ2v) is 3.64. The van der Waals surface area contributed by atoms with Crippen LogP contribution in [-0.4, -0.2) is 16.7 Å². The van der Waals surface area contributed by atoms with Gasteiger partial charge in [0.25, 0.3) is 0 Å².